The molecule has 0 unspecified atom stereocenters. The lowest BCUT2D eigenvalue weighted by Gasteiger charge is -2.19. The number of halogens is 1. The molecule has 0 aliphatic carbocycles. The number of nitrogens with zero attached hydrogens (tertiary/aromatic N) is 1. The summed E-state index contributed by atoms with van der Waals surface area (Å²) in [4.78, 5) is 11.6. The number of hydrogen-bond acceptors (Lipinski definition) is 6. The number of carbonyl (C=O) groups is 1. The number of esters is 1. The van der Waals surface area contributed by atoms with Crippen LogP contribution in [-0.2, 0) is 14.8 Å². The predicted molar refractivity (Wildman–Crippen MR) is 79.4 cm³/mol. The van der Waals surface area contributed by atoms with Crippen LogP contribution in [0.4, 0.5) is 0 Å². The lowest BCUT2D eigenvalue weighted by atomic mass is 10.5. The van der Waals surface area contributed by atoms with E-state index in [1.807, 2.05) is 0 Å². The van der Waals surface area contributed by atoms with Crippen molar-refractivity contribution >= 4 is 43.3 Å². The van der Waals surface area contributed by atoms with Gasteiger partial charge in [0.1, 0.15) is 9.77 Å². The maximum Gasteiger partial charge on any atom is 0.348 e. The van der Waals surface area contributed by atoms with Gasteiger partial charge < -0.3 is 9.84 Å². The number of aliphatic hydroxyl groups is 1. The number of ether oxygens (including phenoxy) is 1. The van der Waals surface area contributed by atoms with Crippen LogP contribution in [0.3, 0.4) is 0 Å². The average Bonchev–Trinajstić information content (AvgIpc) is 2.80. The van der Waals surface area contributed by atoms with Crippen molar-refractivity contribution in [2.75, 3.05) is 26.8 Å². The Labute approximate surface area is 129 Å². The van der Waals surface area contributed by atoms with E-state index in [1.54, 1.807) is 0 Å². The molecule has 1 aromatic heterocycles. The largest absolute Gasteiger partial charge is 0.465 e. The van der Waals surface area contributed by atoms with E-state index in [1.165, 1.54) is 19.3 Å². The molecule has 6 nitrogen and oxygen atoms in total. The van der Waals surface area contributed by atoms with Gasteiger partial charge in [-0.05, 0) is 22.0 Å². The highest BCUT2D eigenvalue weighted by Crippen LogP contribution is 2.33. The molecule has 1 aromatic rings. The van der Waals surface area contributed by atoms with Crippen LogP contribution < -0.4 is 0 Å². The van der Waals surface area contributed by atoms with Crippen LogP contribution in [0.15, 0.2) is 27.4 Å². The molecule has 1 rings (SSSR count). The topological polar surface area (TPSA) is 83.9 Å². The first-order chi connectivity index (χ1) is 9.38. The minimum absolute atomic E-state index is 0.0294. The zero-order valence-electron chi connectivity index (χ0n) is 10.7. The standard InChI is InChI=1S/C11H14BrNO5S2/c1-3-4-13(5-6-14)20(16,17)9-7-8(11(15)18-2)19-10(9)12/h3,7,14H,1,4-6H2,2H3. The first kappa shape index (κ1) is 17.3. The van der Waals surface area contributed by atoms with E-state index in [0.717, 1.165) is 15.6 Å². The Morgan fingerprint density at radius 3 is 2.80 bits per heavy atom. The van der Waals surface area contributed by atoms with E-state index in [-0.39, 0.29) is 29.5 Å². The first-order valence-corrected chi connectivity index (χ1v) is 8.53. The van der Waals surface area contributed by atoms with E-state index in [0.29, 0.717) is 3.79 Å². The Morgan fingerprint density at radius 1 is 1.65 bits per heavy atom. The van der Waals surface area contributed by atoms with Gasteiger partial charge in [-0.25, -0.2) is 13.2 Å². The summed E-state index contributed by atoms with van der Waals surface area (Å²) in [7, 11) is -2.60. The smallest absolute Gasteiger partial charge is 0.348 e. The van der Waals surface area contributed by atoms with Crippen molar-refractivity contribution in [2.24, 2.45) is 0 Å². The van der Waals surface area contributed by atoms with E-state index in [9.17, 15) is 13.2 Å². The summed E-state index contributed by atoms with van der Waals surface area (Å²) in [5, 5.41) is 8.95. The van der Waals surface area contributed by atoms with Crippen molar-refractivity contribution in [1.29, 1.82) is 0 Å². The molecular weight excluding hydrogens is 370 g/mol. The Kier molecular flexibility index (Phi) is 6.34. The molecule has 0 aromatic carbocycles. The molecule has 1 N–H and O–H groups in total. The molecule has 0 aliphatic rings. The molecular formula is C11H14BrNO5S2. The maximum atomic E-state index is 12.4. The zero-order valence-corrected chi connectivity index (χ0v) is 13.9. The molecule has 0 atom stereocenters. The van der Waals surface area contributed by atoms with Crippen LogP contribution in [0.2, 0.25) is 0 Å². The number of hydrogen-bond donors (Lipinski definition) is 1. The van der Waals surface area contributed by atoms with Gasteiger partial charge in [0.05, 0.1) is 17.5 Å². The monoisotopic (exact) mass is 383 g/mol. The second-order valence-electron chi connectivity index (χ2n) is 3.62. The second kappa shape index (κ2) is 7.32. The molecule has 0 aliphatic heterocycles. The van der Waals surface area contributed by atoms with Crippen LogP contribution in [0, 0.1) is 0 Å². The van der Waals surface area contributed by atoms with E-state index in [4.69, 9.17) is 5.11 Å². The third kappa shape index (κ3) is 3.67. The van der Waals surface area contributed by atoms with Gasteiger partial charge in [0.2, 0.25) is 10.0 Å². The van der Waals surface area contributed by atoms with Crippen molar-refractivity contribution in [2.45, 2.75) is 4.90 Å². The van der Waals surface area contributed by atoms with Crippen molar-refractivity contribution < 1.29 is 23.1 Å². The van der Waals surface area contributed by atoms with Crippen LogP contribution in [-0.4, -0.2) is 50.6 Å². The Hall–Kier alpha value is -0.740. The zero-order chi connectivity index (χ0) is 15.3. The highest BCUT2D eigenvalue weighted by molar-refractivity contribution is 9.11. The molecule has 20 heavy (non-hydrogen) atoms. The summed E-state index contributed by atoms with van der Waals surface area (Å²) in [5.74, 6) is -0.602. The van der Waals surface area contributed by atoms with Crippen LogP contribution in [0.5, 0.6) is 0 Å². The minimum atomic E-state index is -3.82. The quantitative estimate of drug-likeness (QED) is 0.569. The highest BCUT2D eigenvalue weighted by atomic mass is 79.9. The van der Waals surface area contributed by atoms with E-state index < -0.39 is 16.0 Å². The summed E-state index contributed by atoms with van der Waals surface area (Å²) in [6.45, 7) is 3.20. The molecule has 1 heterocycles. The lowest BCUT2D eigenvalue weighted by molar-refractivity contribution is 0.0606. The van der Waals surface area contributed by atoms with Crippen LogP contribution in [0.1, 0.15) is 9.67 Å². The molecule has 0 spiro atoms. The summed E-state index contributed by atoms with van der Waals surface area (Å²) in [6.07, 6.45) is 1.43. The molecule has 0 radical (unpaired) electrons. The van der Waals surface area contributed by atoms with Crippen molar-refractivity contribution in [3.05, 3.63) is 27.4 Å². The van der Waals surface area contributed by atoms with Gasteiger partial charge in [-0.2, -0.15) is 4.31 Å². The molecule has 0 saturated heterocycles. The average molecular weight is 384 g/mol. The van der Waals surface area contributed by atoms with Crippen molar-refractivity contribution in [1.82, 2.24) is 4.31 Å². The summed E-state index contributed by atoms with van der Waals surface area (Å²) < 4.78 is 30.8. The first-order valence-electron chi connectivity index (χ1n) is 5.48. The fourth-order valence-corrected chi connectivity index (χ4v) is 5.27. The third-order valence-corrected chi connectivity index (χ3v) is 6.44. The molecule has 0 amide bonds. The van der Waals surface area contributed by atoms with Gasteiger partial charge in [-0.15, -0.1) is 17.9 Å². The third-order valence-electron chi connectivity index (χ3n) is 2.34. The fourth-order valence-electron chi connectivity index (χ4n) is 1.43. The molecule has 112 valence electrons. The number of aliphatic hydroxyl groups excluding tert-OH is 1. The number of sulfonamides is 1. The van der Waals surface area contributed by atoms with Crippen molar-refractivity contribution in [3.63, 3.8) is 0 Å². The van der Waals surface area contributed by atoms with Gasteiger partial charge in [-0.3, -0.25) is 0 Å². The molecule has 0 fully saturated rings. The Morgan fingerprint density at radius 2 is 2.30 bits per heavy atom. The lowest BCUT2D eigenvalue weighted by Crippen LogP contribution is -2.33. The number of rotatable bonds is 7. The molecule has 9 heteroatoms. The summed E-state index contributed by atoms with van der Waals surface area (Å²) in [5.41, 5.74) is 0. The minimum Gasteiger partial charge on any atom is -0.465 e. The molecule has 0 saturated carbocycles. The Balaban J connectivity index is 3.23. The number of thiophene rings is 1. The Bertz CT molecular complexity index is 596. The van der Waals surface area contributed by atoms with E-state index >= 15 is 0 Å². The van der Waals surface area contributed by atoms with Gasteiger partial charge in [0, 0.05) is 13.1 Å². The van der Waals surface area contributed by atoms with Crippen LogP contribution in [0.25, 0.3) is 0 Å². The van der Waals surface area contributed by atoms with Gasteiger partial charge in [-0.1, -0.05) is 6.08 Å². The SMILES string of the molecule is C=CCN(CCO)S(=O)(=O)c1cc(C(=O)OC)sc1Br. The van der Waals surface area contributed by atoms with Gasteiger partial charge in [0.15, 0.2) is 0 Å². The maximum absolute atomic E-state index is 12.4. The summed E-state index contributed by atoms with van der Waals surface area (Å²) in [6, 6.07) is 1.25. The highest BCUT2D eigenvalue weighted by Gasteiger charge is 2.28. The second-order valence-corrected chi connectivity index (χ2v) is 7.89. The summed E-state index contributed by atoms with van der Waals surface area (Å²) >= 11 is 4.11. The fraction of sp³-hybridized carbons (Fsp3) is 0.364. The predicted octanol–water partition coefficient (Wildman–Crippen LogP) is 1.47. The normalized spacial score (nSPS) is 11.6. The number of carbonyl (C=O) groups excluding carboxylic acids is 1. The van der Waals surface area contributed by atoms with Crippen LogP contribution >= 0.6 is 27.3 Å². The van der Waals surface area contributed by atoms with Gasteiger partial charge in [0.25, 0.3) is 0 Å². The van der Waals surface area contributed by atoms with Gasteiger partial charge >= 0.3 is 5.97 Å². The van der Waals surface area contributed by atoms with Crippen molar-refractivity contribution in [3.8, 4) is 0 Å². The number of methoxy groups -OCH3 is 1. The molecule has 0 bridgehead atoms. The van der Waals surface area contributed by atoms with E-state index in [2.05, 4.69) is 27.2 Å².